The lowest BCUT2D eigenvalue weighted by atomic mass is 9.86. The molecule has 0 aromatic carbocycles. The number of nitrogens with one attached hydrogen (secondary N) is 1. The van der Waals surface area contributed by atoms with Gasteiger partial charge in [-0.05, 0) is 37.7 Å². The minimum Gasteiger partial charge on any atom is -0.396 e. The first-order valence-electron chi connectivity index (χ1n) is 6.10. The monoisotopic (exact) mass is 223 g/mol. The van der Waals surface area contributed by atoms with Gasteiger partial charge in [0.15, 0.2) is 0 Å². The Morgan fingerprint density at radius 2 is 2.19 bits per heavy atom. The molecule has 0 bridgehead atoms. The number of aromatic nitrogens is 2. The van der Waals surface area contributed by atoms with Crippen LogP contribution in [-0.4, -0.2) is 27.5 Å². The first-order chi connectivity index (χ1) is 7.78. The molecule has 0 amide bonds. The van der Waals surface area contributed by atoms with Gasteiger partial charge in [0.1, 0.15) is 0 Å². The zero-order chi connectivity index (χ0) is 11.4. The lowest BCUT2D eigenvalue weighted by Crippen LogP contribution is -2.33. The average molecular weight is 223 g/mol. The van der Waals surface area contributed by atoms with Gasteiger partial charge in [-0.15, -0.1) is 0 Å². The van der Waals surface area contributed by atoms with Gasteiger partial charge >= 0.3 is 0 Å². The highest BCUT2D eigenvalue weighted by Crippen LogP contribution is 2.23. The van der Waals surface area contributed by atoms with E-state index in [9.17, 15) is 0 Å². The number of nitrogens with zero attached hydrogens (tertiary/aromatic N) is 2. The van der Waals surface area contributed by atoms with Crippen LogP contribution in [0.15, 0.2) is 12.3 Å². The fourth-order valence-electron chi connectivity index (χ4n) is 2.36. The summed E-state index contributed by atoms with van der Waals surface area (Å²) in [5.41, 5.74) is 1.10. The summed E-state index contributed by atoms with van der Waals surface area (Å²) < 4.78 is 1.83. The largest absolute Gasteiger partial charge is 0.396 e. The molecule has 1 aliphatic rings. The average Bonchev–Trinajstić information content (AvgIpc) is 2.73. The number of rotatable bonds is 4. The van der Waals surface area contributed by atoms with Crippen molar-refractivity contribution in [1.29, 1.82) is 0 Å². The second kappa shape index (κ2) is 5.46. The highest BCUT2D eigenvalue weighted by molar-refractivity contribution is 4.98. The van der Waals surface area contributed by atoms with Gasteiger partial charge in [-0.25, -0.2) is 0 Å². The van der Waals surface area contributed by atoms with E-state index in [4.69, 9.17) is 5.11 Å². The van der Waals surface area contributed by atoms with Crippen LogP contribution in [-0.2, 0) is 13.6 Å². The molecule has 1 heterocycles. The smallest absolute Gasteiger partial charge is 0.0762 e. The minimum absolute atomic E-state index is 0.354. The molecule has 4 heteroatoms. The fourth-order valence-corrected chi connectivity index (χ4v) is 2.36. The molecular weight excluding hydrogens is 202 g/mol. The molecule has 0 atom stereocenters. The summed E-state index contributed by atoms with van der Waals surface area (Å²) >= 11 is 0. The lowest BCUT2D eigenvalue weighted by Gasteiger charge is -2.27. The van der Waals surface area contributed by atoms with Crippen molar-refractivity contribution < 1.29 is 5.11 Å². The molecule has 2 rings (SSSR count). The van der Waals surface area contributed by atoms with Crippen LogP contribution in [0, 0.1) is 5.92 Å². The van der Waals surface area contributed by atoms with Crippen molar-refractivity contribution in [2.75, 3.05) is 6.61 Å². The molecule has 1 aliphatic carbocycles. The molecule has 0 radical (unpaired) electrons. The van der Waals surface area contributed by atoms with E-state index in [1.165, 1.54) is 12.8 Å². The number of aliphatic hydroxyl groups excluding tert-OH is 1. The summed E-state index contributed by atoms with van der Waals surface area (Å²) in [6.07, 6.45) is 6.63. The van der Waals surface area contributed by atoms with Crippen molar-refractivity contribution in [2.24, 2.45) is 13.0 Å². The number of aryl methyl sites for hydroxylation is 1. The van der Waals surface area contributed by atoms with Gasteiger partial charge in [-0.2, -0.15) is 5.10 Å². The second-order valence-electron chi connectivity index (χ2n) is 4.76. The van der Waals surface area contributed by atoms with Crippen LogP contribution >= 0.6 is 0 Å². The van der Waals surface area contributed by atoms with Gasteiger partial charge < -0.3 is 10.4 Å². The zero-order valence-corrected chi connectivity index (χ0v) is 9.89. The van der Waals surface area contributed by atoms with Gasteiger partial charge in [-0.3, -0.25) is 4.68 Å². The predicted octanol–water partition coefficient (Wildman–Crippen LogP) is 1.06. The highest BCUT2D eigenvalue weighted by Gasteiger charge is 2.19. The van der Waals surface area contributed by atoms with Crippen LogP contribution < -0.4 is 5.32 Å². The molecule has 1 fully saturated rings. The number of hydrogen-bond acceptors (Lipinski definition) is 3. The summed E-state index contributed by atoms with van der Waals surface area (Å²) in [5.74, 6) is 0.535. The van der Waals surface area contributed by atoms with Crippen molar-refractivity contribution in [3.05, 3.63) is 18.0 Å². The Morgan fingerprint density at radius 1 is 1.44 bits per heavy atom. The van der Waals surface area contributed by atoms with Crippen LogP contribution in [0.2, 0.25) is 0 Å². The van der Waals surface area contributed by atoms with Gasteiger partial charge in [0.2, 0.25) is 0 Å². The predicted molar refractivity (Wildman–Crippen MR) is 62.9 cm³/mol. The third-order valence-electron chi connectivity index (χ3n) is 3.45. The van der Waals surface area contributed by atoms with Crippen molar-refractivity contribution in [1.82, 2.24) is 15.1 Å². The molecule has 0 saturated heterocycles. The minimum atomic E-state index is 0.354. The van der Waals surface area contributed by atoms with Crippen LogP contribution in [0.4, 0.5) is 0 Å². The molecule has 4 nitrogen and oxygen atoms in total. The Balaban J connectivity index is 1.71. The Labute approximate surface area is 96.7 Å². The van der Waals surface area contributed by atoms with E-state index in [1.807, 2.05) is 24.0 Å². The lowest BCUT2D eigenvalue weighted by molar-refractivity contribution is 0.175. The Morgan fingerprint density at radius 3 is 2.75 bits per heavy atom. The molecule has 0 aliphatic heterocycles. The van der Waals surface area contributed by atoms with Gasteiger partial charge in [0.05, 0.1) is 5.69 Å². The summed E-state index contributed by atoms with van der Waals surface area (Å²) in [6, 6.07) is 2.65. The SMILES string of the molecule is Cn1ccc(CNC2CCC(CO)CC2)n1. The number of aliphatic hydroxyl groups is 1. The van der Waals surface area contributed by atoms with E-state index in [2.05, 4.69) is 10.4 Å². The normalized spacial score (nSPS) is 25.9. The highest BCUT2D eigenvalue weighted by atomic mass is 16.3. The van der Waals surface area contributed by atoms with Crippen LogP contribution in [0.1, 0.15) is 31.4 Å². The summed E-state index contributed by atoms with van der Waals surface area (Å²) in [7, 11) is 1.94. The second-order valence-corrected chi connectivity index (χ2v) is 4.76. The molecule has 16 heavy (non-hydrogen) atoms. The molecule has 0 spiro atoms. The molecule has 0 unspecified atom stereocenters. The molecular formula is C12H21N3O. The quantitative estimate of drug-likeness (QED) is 0.802. The standard InChI is InChI=1S/C12H21N3O/c1-15-7-6-12(14-15)8-13-11-4-2-10(9-16)3-5-11/h6-7,10-11,13,16H,2-5,8-9H2,1H3. The third-order valence-corrected chi connectivity index (χ3v) is 3.45. The van der Waals surface area contributed by atoms with Crippen LogP contribution in [0.5, 0.6) is 0 Å². The number of hydrogen-bond donors (Lipinski definition) is 2. The summed E-state index contributed by atoms with van der Waals surface area (Å²) in [5, 5.41) is 16.9. The van der Waals surface area contributed by atoms with E-state index < -0.39 is 0 Å². The summed E-state index contributed by atoms with van der Waals surface area (Å²) in [6.45, 7) is 1.21. The maximum atomic E-state index is 9.05. The Bertz CT molecular complexity index is 316. The van der Waals surface area contributed by atoms with Gasteiger partial charge in [0.25, 0.3) is 0 Å². The molecule has 2 N–H and O–H groups in total. The van der Waals surface area contributed by atoms with E-state index in [1.54, 1.807) is 0 Å². The van der Waals surface area contributed by atoms with Gasteiger partial charge in [-0.1, -0.05) is 0 Å². The molecule has 1 aromatic rings. The van der Waals surface area contributed by atoms with E-state index >= 15 is 0 Å². The molecule has 90 valence electrons. The first kappa shape index (κ1) is 11.6. The van der Waals surface area contributed by atoms with E-state index in [0.717, 1.165) is 25.1 Å². The Hall–Kier alpha value is -0.870. The van der Waals surface area contributed by atoms with Crippen molar-refractivity contribution >= 4 is 0 Å². The van der Waals surface area contributed by atoms with Crippen LogP contribution in [0.3, 0.4) is 0 Å². The topological polar surface area (TPSA) is 50.1 Å². The molecule has 1 aromatic heterocycles. The first-order valence-corrected chi connectivity index (χ1v) is 6.10. The van der Waals surface area contributed by atoms with Crippen LogP contribution in [0.25, 0.3) is 0 Å². The fraction of sp³-hybridized carbons (Fsp3) is 0.750. The van der Waals surface area contributed by atoms with Crippen molar-refractivity contribution in [3.8, 4) is 0 Å². The van der Waals surface area contributed by atoms with E-state index in [0.29, 0.717) is 18.6 Å². The van der Waals surface area contributed by atoms with Gasteiger partial charge in [0, 0.05) is 32.4 Å². The third kappa shape index (κ3) is 3.06. The maximum Gasteiger partial charge on any atom is 0.0762 e. The molecule has 1 saturated carbocycles. The van der Waals surface area contributed by atoms with Crippen molar-refractivity contribution in [3.63, 3.8) is 0 Å². The van der Waals surface area contributed by atoms with Crippen molar-refractivity contribution in [2.45, 2.75) is 38.3 Å². The van der Waals surface area contributed by atoms with E-state index in [-0.39, 0.29) is 0 Å². The maximum absolute atomic E-state index is 9.05. The zero-order valence-electron chi connectivity index (χ0n) is 9.89. The summed E-state index contributed by atoms with van der Waals surface area (Å²) in [4.78, 5) is 0. The Kier molecular flexibility index (Phi) is 3.96.